The van der Waals surface area contributed by atoms with Gasteiger partial charge in [0.05, 0.1) is 5.69 Å². The second-order valence-corrected chi connectivity index (χ2v) is 9.60. The Hall–Kier alpha value is -3.19. The molecule has 0 radical (unpaired) electrons. The number of piperidine rings is 1. The smallest absolute Gasteiger partial charge is 0.255 e. The zero-order valence-corrected chi connectivity index (χ0v) is 19.7. The number of aromatic nitrogens is 1. The van der Waals surface area contributed by atoms with E-state index < -0.39 is 6.04 Å². The summed E-state index contributed by atoms with van der Waals surface area (Å²) in [6.45, 7) is 6.99. The van der Waals surface area contributed by atoms with E-state index in [-0.39, 0.29) is 24.0 Å². The van der Waals surface area contributed by atoms with Crippen LogP contribution in [0.1, 0.15) is 65.8 Å². The lowest BCUT2D eigenvalue weighted by atomic mass is 9.92. The summed E-state index contributed by atoms with van der Waals surface area (Å²) in [4.78, 5) is 31.7. The quantitative estimate of drug-likeness (QED) is 0.688. The zero-order chi connectivity index (χ0) is 23.7. The Morgan fingerprint density at radius 2 is 2.03 bits per heavy atom. The number of fused-ring (bicyclic) bond motifs is 1. The highest BCUT2D eigenvalue weighted by atomic mass is 16.5. The number of ether oxygens (including phenoxy) is 1. The van der Waals surface area contributed by atoms with Crippen LogP contribution in [0.3, 0.4) is 0 Å². The van der Waals surface area contributed by atoms with Gasteiger partial charge < -0.3 is 20.3 Å². The molecule has 0 spiro atoms. The number of carbonyl (C=O) groups excluding carboxylic acids is 2. The van der Waals surface area contributed by atoms with Gasteiger partial charge >= 0.3 is 0 Å². The van der Waals surface area contributed by atoms with Crippen LogP contribution in [-0.4, -0.2) is 39.9 Å². The Morgan fingerprint density at radius 1 is 1.18 bits per heavy atom. The van der Waals surface area contributed by atoms with Gasteiger partial charge in [-0.2, -0.15) is 0 Å². The molecule has 1 aliphatic carbocycles. The highest BCUT2D eigenvalue weighted by molar-refractivity contribution is 6.01. The standard InChI is InChI=1S/C27H32N4O3/c1-17-6-5-7-20(29-17)15-28-23-8-3-4-9-25(23)34-21-11-12-22-19(14-21)16-31(27(22)33)24-13-10-18(2)30-26(24)32/h5-7,11-12,14,23-25,28H,2-4,8-10,13,15-16H2,1H3,(H,30,32)/t23-,24?,25-/m0/s1. The highest BCUT2D eigenvalue weighted by Crippen LogP contribution is 2.32. The predicted molar refractivity (Wildman–Crippen MR) is 129 cm³/mol. The van der Waals surface area contributed by atoms with Crippen molar-refractivity contribution in [2.75, 3.05) is 0 Å². The summed E-state index contributed by atoms with van der Waals surface area (Å²) in [5.74, 6) is 0.549. The molecule has 2 aliphatic heterocycles. The van der Waals surface area contributed by atoms with Gasteiger partial charge in [0, 0.05) is 36.1 Å². The van der Waals surface area contributed by atoms with Crippen LogP contribution in [0.5, 0.6) is 5.75 Å². The number of aryl methyl sites for hydroxylation is 1. The van der Waals surface area contributed by atoms with Gasteiger partial charge in [-0.15, -0.1) is 0 Å². The molecule has 34 heavy (non-hydrogen) atoms. The van der Waals surface area contributed by atoms with Gasteiger partial charge in [-0.3, -0.25) is 14.6 Å². The molecule has 5 rings (SSSR count). The summed E-state index contributed by atoms with van der Waals surface area (Å²) in [6, 6.07) is 11.6. The van der Waals surface area contributed by atoms with E-state index >= 15 is 0 Å². The summed E-state index contributed by atoms with van der Waals surface area (Å²) in [6.07, 6.45) is 5.76. The molecule has 1 aromatic heterocycles. The first-order valence-corrected chi connectivity index (χ1v) is 12.2. The summed E-state index contributed by atoms with van der Waals surface area (Å²) >= 11 is 0. The van der Waals surface area contributed by atoms with Crippen LogP contribution in [0.4, 0.5) is 0 Å². The maximum atomic E-state index is 13.0. The largest absolute Gasteiger partial charge is 0.489 e. The molecule has 3 aliphatic rings. The third-order valence-electron chi connectivity index (χ3n) is 7.09. The normalized spacial score (nSPS) is 24.7. The number of rotatable bonds is 6. The van der Waals surface area contributed by atoms with Gasteiger partial charge in [0.25, 0.3) is 5.91 Å². The number of nitrogens with zero attached hydrogens (tertiary/aromatic N) is 2. The fourth-order valence-corrected chi connectivity index (χ4v) is 5.28. The highest BCUT2D eigenvalue weighted by Gasteiger charge is 2.38. The van der Waals surface area contributed by atoms with Crippen LogP contribution >= 0.6 is 0 Å². The predicted octanol–water partition coefficient (Wildman–Crippen LogP) is 3.62. The monoisotopic (exact) mass is 460 g/mol. The minimum atomic E-state index is -0.447. The number of nitrogens with one attached hydrogen (secondary N) is 2. The molecule has 1 aromatic carbocycles. The average molecular weight is 461 g/mol. The van der Waals surface area contributed by atoms with Crippen LogP contribution in [-0.2, 0) is 17.9 Å². The van der Waals surface area contributed by atoms with Gasteiger partial charge in [-0.05, 0) is 74.9 Å². The lowest BCUT2D eigenvalue weighted by Gasteiger charge is -2.32. The summed E-state index contributed by atoms with van der Waals surface area (Å²) < 4.78 is 6.45. The van der Waals surface area contributed by atoms with Crippen molar-refractivity contribution < 1.29 is 14.3 Å². The van der Waals surface area contributed by atoms with E-state index in [1.807, 2.05) is 43.3 Å². The molecule has 2 N–H and O–H groups in total. The number of allylic oxidation sites excluding steroid dienone is 1. The molecule has 1 saturated carbocycles. The molecular formula is C27H32N4O3. The van der Waals surface area contributed by atoms with E-state index in [1.54, 1.807) is 4.90 Å². The van der Waals surface area contributed by atoms with Crippen molar-refractivity contribution in [2.24, 2.45) is 0 Å². The van der Waals surface area contributed by atoms with Crippen LogP contribution in [0, 0.1) is 6.92 Å². The number of hydrogen-bond donors (Lipinski definition) is 2. The van der Waals surface area contributed by atoms with Gasteiger partial charge in [0.15, 0.2) is 0 Å². The van der Waals surface area contributed by atoms with Crippen molar-refractivity contribution in [1.82, 2.24) is 20.5 Å². The maximum absolute atomic E-state index is 13.0. The molecule has 2 fully saturated rings. The van der Waals surface area contributed by atoms with Crippen molar-refractivity contribution in [1.29, 1.82) is 0 Å². The van der Waals surface area contributed by atoms with Crippen LogP contribution in [0.2, 0.25) is 0 Å². The molecule has 2 aromatic rings. The number of benzene rings is 1. The van der Waals surface area contributed by atoms with Crippen LogP contribution < -0.4 is 15.4 Å². The molecule has 2 amide bonds. The molecule has 178 valence electrons. The van der Waals surface area contributed by atoms with Crippen molar-refractivity contribution in [3.05, 3.63) is 71.2 Å². The maximum Gasteiger partial charge on any atom is 0.255 e. The van der Waals surface area contributed by atoms with E-state index in [4.69, 9.17) is 4.74 Å². The second-order valence-electron chi connectivity index (χ2n) is 9.60. The first kappa shape index (κ1) is 22.6. The van der Waals surface area contributed by atoms with Gasteiger partial charge in [-0.1, -0.05) is 19.1 Å². The van der Waals surface area contributed by atoms with E-state index in [0.717, 1.165) is 54.2 Å². The van der Waals surface area contributed by atoms with Crippen molar-refractivity contribution in [2.45, 2.75) is 76.7 Å². The van der Waals surface area contributed by atoms with Crippen molar-refractivity contribution in [3.8, 4) is 5.75 Å². The fourth-order valence-electron chi connectivity index (χ4n) is 5.28. The van der Waals surface area contributed by atoms with Crippen molar-refractivity contribution >= 4 is 11.8 Å². The molecular weight excluding hydrogens is 428 g/mol. The summed E-state index contributed by atoms with van der Waals surface area (Å²) in [5, 5.41) is 6.44. The molecule has 3 atom stereocenters. The van der Waals surface area contributed by atoms with E-state index in [9.17, 15) is 9.59 Å². The van der Waals surface area contributed by atoms with Gasteiger partial charge in [-0.25, -0.2) is 0 Å². The minimum Gasteiger partial charge on any atom is -0.489 e. The summed E-state index contributed by atoms with van der Waals surface area (Å²) in [7, 11) is 0. The third-order valence-corrected chi connectivity index (χ3v) is 7.09. The first-order chi connectivity index (χ1) is 16.5. The molecule has 7 nitrogen and oxygen atoms in total. The minimum absolute atomic E-state index is 0.0694. The first-order valence-electron chi connectivity index (χ1n) is 12.2. The molecule has 7 heteroatoms. The number of carbonyl (C=O) groups is 2. The Kier molecular flexibility index (Phi) is 6.37. The average Bonchev–Trinajstić information content (AvgIpc) is 3.14. The van der Waals surface area contributed by atoms with E-state index in [1.165, 1.54) is 6.42 Å². The molecule has 0 bridgehead atoms. The van der Waals surface area contributed by atoms with Gasteiger partial charge in [0.2, 0.25) is 5.91 Å². The van der Waals surface area contributed by atoms with Crippen molar-refractivity contribution in [3.63, 3.8) is 0 Å². The topological polar surface area (TPSA) is 83.6 Å². The number of amides is 2. The number of pyridine rings is 1. The van der Waals surface area contributed by atoms with E-state index in [0.29, 0.717) is 24.9 Å². The van der Waals surface area contributed by atoms with Crippen LogP contribution in [0.25, 0.3) is 0 Å². The van der Waals surface area contributed by atoms with E-state index in [2.05, 4.69) is 22.2 Å². The summed E-state index contributed by atoms with van der Waals surface area (Å²) in [5.41, 5.74) is 4.36. The Balaban J connectivity index is 1.25. The van der Waals surface area contributed by atoms with Gasteiger partial charge in [0.1, 0.15) is 17.9 Å². The third kappa shape index (κ3) is 4.71. The molecule has 1 saturated heterocycles. The Bertz CT molecular complexity index is 1110. The zero-order valence-electron chi connectivity index (χ0n) is 19.7. The number of hydrogen-bond acceptors (Lipinski definition) is 5. The molecule has 3 heterocycles. The lowest BCUT2D eigenvalue weighted by Crippen LogP contribution is -2.49. The lowest BCUT2D eigenvalue weighted by molar-refractivity contribution is -0.126. The van der Waals surface area contributed by atoms with Crippen LogP contribution in [0.15, 0.2) is 48.7 Å². The second kappa shape index (κ2) is 9.58. The molecule has 1 unspecified atom stereocenters. The SMILES string of the molecule is C=C1CCC(N2Cc3cc(O[C@H]4CCCC[C@@H]4NCc4cccc(C)n4)ccc3C2=O)C(=O)N1. The Morgan fingerprint density at radius 3 is 2.85 bits per heavy atom. The fraction of sp³-hybridized carbons (Fsp3) is 0.444. The Labute approximate surface area is 200 Å².